The first-order chi connectivity index (χ1) is 14.1. The summed E-state index contributed by atoms with van der Waals surface area (Å²) in [6.07, 6.45) is 2.78. The lowest BCUT2D eigenvalue weighted by Crippen LogP contribution is -2.41. The largest absolute Gasteiger partial charge is 0.357 e. The van der Waals surface area contributed by atoms with Gasteiger partial charge in [-0.25, -0.2) is 0 Å². The number of nitrogens with one attached hydrogen (secondary N) is 3. The van der Waals surface area contributed by atoms with Crippen molar-refractivity contribution in [2.75, 3.05) is 25.0 Å². The number of guanidine groups is 1. The fourth-order valence-corrected chi connectivity index (χ4v) is 4.09. The molecule has 1 aliphatic carbocycles. The number of benzene rings is 2. The number of halogens is 2. The van der Waals surface area contributed by atoms with E-state index in [9.17, 15) is 4.79 Å². The average Bonchev–Trinajstić information content (AvgIpc) is 3.51. The molecule has 1 atom stereocenters. The zero-order valence-electron chi connectivity index (χ0n) is 17.1. The Kier molecular flexibility index (Phi) is 7.63. The first-order valence-electron chi connectivity index (χ1n) is 10.3. The molecule has 0 radical (unpaired) electrons. The highest BCUT2D eigenvalue weighted by atomic mass is 127. The van der Waals surface area contributed by atoms with Gasteiger partial charge < -0.3 is 16.0 Å². The number of carbonyl (C=O) groups is 1. The molecule has 2 aromatic carbocycles. The molecule has 4 rings (SSSR count). The molecule has 3 N–H and O–H groups in total. The van der Waals surface area contributed by atoms with Crippen molar-refractivity contribution in [1.29, 1.82) is 0 Å². The van der Waals surface area contributed by atoms with E-state index in [2.05, 4.69) is 41.1 Å². The molecule has 2 aliphatic rings. The number of rotatable bonds is 6. The van der Waals surface area contributed by atoms with Gasteiger partial charge in [-0.1, -0.05) is 41.9 Å². The molecular formula is C23H28ClIN4O. The number of hydrogen-bond acceptors (Lipinski definition) is 2. The van der Waals surface area contributed by atoms with Gasteiger partial charge in [-0.05, 0) is 49.1 Å². The Morgan fingerprint density at radius 1 is 1.17 bits per heavy atom. The maximum absolute atomic E-state index is 12.1. The summed E-state index contributed by atoms with van der Waals surface area (Å²) < 4.78 is 0. The molecule has 7 heteroatoms. The summed E-state index contributed by atoms with van der Waals surface area (Å²) in [5.74, 6) is 1.00. The Balaban J connectivity index is 0.00000256. The summed E-state index contributed by atoms with van der Waals surface area (Å²) in [5.41, 5.74) is 3.52. The normalized spacial score (nSPS) is 19.2. The second-order valence-corrected chi connectivity index (χ2v) is 8.34. The van der Waals surface area contributed by atoms with Gasteiger partial charge in [0.1, 0.15) is 0 Å². The van der Waals surface area contributed by atoms with Crippen LogP contribution in [0.25, 0.3) is 0 Å². The second kappa shape index (κ2) is 10.0. The maximum Gasteiger partial charge on any atom is 0.225 e. The van der Waals surface area contributed by atoms with Gasteiger partial charge in [0, 0.05) is 41.6 Å². The summed E-state index contributed by atoms with van der Waals surface area (Å²) in [7, 11) is 0. The summed E-state index contributed by atoms with van der Waals surface area (Å²) in [5, 5.41) is 10.5. The third-order valence-corrected chi connectivity index (χ3v) is 6.07. The quantitative estimate of drug-likeness (QED) is 0.285. The van der Waals surface area contributed by atoms with Gasteiger partial charge in [0.2, 0.25) is 5.91 Å². The van der Waals surface area contributed by atoms with Gasteiger partial charge in [0.05, 0.1) is 6.54 Å². The van der Waals surface area contributed by atoms with Crippen LogP contribution in [0.3, 0.4) is 0 Å². The van der Waals surface area contributed by atoms with Crippen molar-refractivity contribution < 1.29 is 4.79 Å². The number of hydrogen-bond donors (Lipinski definition) is 3. The molecule has 5 nitrogen and oxygen atoms in total. The van der Waals surface area contributed by atoms with Crippen LogP contribution in [0.5, 0.6) is 0 Å². The summed E-state index contributed by atoms with van der Waals surface area (Å²) in [6.45, 7) is 4.27. The van der Waals surface area contributed by atoms with Crippen molar-refractivity contribution in [2.45, 2.75) is 37.5 Å². The molecule has 30 heavy (non-hydrogen) atoms. The molecule has 160 valence electrons. The second-order valence-electron chi connectivity index (χ2n) is 7.90. The minimum atomic E-state index is 0. The molecule has 0 aromatic heterocycles. The monoisotopic (exact) mass is 538 g/mol. The number of fused-ring (bicyclic) bond motifs is 1. The number of carbonyl (C=O) groups excluding carboxylic acids is 1. The third kappa shape index (κ3) is 5.27. The van der Waals surface area contributed by atoms with E-state index in [0.29, 0.717) is 13.0 Å². The average molecular weight is 539 g/mol. The van der Waals surface area contributed by atoms with E-state index in [1.165, 1.54) is 11.1 Å². The fraction of sp³-hybridized carbons (Fsp3) is 0.391. The van der Waals surface area contributed by atoms with Gasteiger partial charge in [0.15, 0.2) is 5.96 Å². The Morgan fingerprint density at radius 2 is 1.90 bits per heavy atom. The molecule has 1 heterocycles. The Morgan fingerprint density at radius 3 is 2.60 bits per heavy atom. The minimum absolute atomic E-state index is 0. The smallest absolute Gasteiger partial charge is 0.225 e. The Bertz CT molecular complexity index is 912. The predicted octanol–water partition coefficient (Wildman–Crippen LogP) is 4.67. The van der Waals surface area contributed by atoms with E-state index >= 15 is 0 Å². The number of anilines is 1. The lowest BCUT2D eigenvalue weighted by Gasteiger charge is -2.26. The van der Waals surface area contributed by atoms with Crippen LogP contribution in [-0.4, -0.2) is 31.5 Å². The highest BCUT2D eigenvalue weighted by Crippen LogP contribution is 2.48. The molecule has 2 aromatic rings. The van der Waals surface area contributed by atoms with Crippen LogP contribution in [0.4, 0.5) is 5.69 Å². The van der Waals surface area contributed by atoms with Crippen molar-refractivity contribution in [3.05, 3.63) is 64.7 Å². The van der Waals surface area contributed by atoms with Crippen LogP contribution in [0, 0.1) is 0 Å². The first kappa shape index (κ1) is 22.9. The van der Waals surface area contributed by atoms with E-state index in [1.807, 2.05) is 30.3 Å². The van der Waals surface area contributed by atoms with Gasteiger partial charge in [0.25, 0.3) is 0 Å². The van der Waals surface area contributed by atoms with Crippen LogP contribution in [-0.2, 0) is 10.2 Å². The molecule has 1 fully saturated rings. The molecular weight excluding hydrogens is 511 g/mol. The van der Waals surface area contributed by atoms with E-state index in [0.717, 1.165) is 42.6 Å². The van der Waals surface area contributed by atoms with Gasteiger partial charge >= 0.3 is 0 Å². The van der Waals surface area contributed by atoms with Crippen molar-refractivity contribution in [1.82, 2.24) is 10.6 Å². The number of nitrogens with zero attached hydrogens (tertiary/aromatic N) is 1. The molecule has 0 bridgehead atoms. The highest BCUT2D eigenvalue weighted by molar-refractivity contribution is 14.0. The fourth-order valence-electron chi connectivity index (χ4n) is 3.97. The van der Waals surface area contributed by atoms with E-state index in [4.69, 9.17) is 16.6 Å². The van der Waals surface area contributed by atoms with Crippen molar-refractivity contribution in [3.63, 3.8) is 0 Å². The zero-order chi connectivity index (χ0) is 20.3. The standard InChI is InChI=1S/C23H27ClN4O.HI/c1-2-25-22(27-15-23(11-12-23)17-7-9-18(24)10-8-17)26-14-16-13-21(29)28-20-6-4-3-5-19(16)20;/h3-10,16H,2,11-15H2,1H3,(H,28,29)(H2,25,26,27);1H. The SMILES string of the molecule is CCNC(=NCC1(c2ccc(Cl)cc2)CC1)NCC1CC(=O)Nc2ccccc21.I. The molecule has 1 unspecified atom stereocenters. The zero-order valence-corrected chi connectivity index (χ0v) is 20.2. The Labute approximate surface area is 200 Å². The number of aliphatic imine (C=N–C) groups is 1. The van der Waals surface area contributed by atoms with E-state index in [1.54, 1.807) is 0 Å². The van der Waals surface area contributed by atoms with Gasteiger partial charge in [-0.2, -0.15) is 0 Å². The highest BCUT2D eigenvalue weighted by Gasteiger charge is 2.44. The summed E-state index contributed by atoms with van der Waals surface area (Å²) >= 11 is 6.04. The van der Waals surface area contributed by atoms with Crippen LogP contribution >= 0.6 is 35.6 Å². The molecule has 0 spiro atoms. The van der Waals surface area contributed by atoms with Gasteiger partial charge in [-0.15, -0.1) is 24.0 Å². The predicted molar refractivity (Wildman–Crippen MR) is 134 cm³/mol. The van der Waals surface area contributed by atoms with Crippen molar-refractivity contribution in [3.8, 4) is 0 Å². The van der Waals surface area contributed by atoms with Crippen LogP contribution in [0.1, 0.15) is 43.2 Å². The Hall–Kier alpha value is -1.80. The molecule has 1 amide bonds. The lowest BCUT2D eigenvalue weighted by atomic mass is 9.90. The van der Waals surface area contributed by atoms with Crippen molar-refractivity contribution >= 4 is 53.1 Å². The van der Waals surface area contributed by atoms with Gasteiger partial charge in [-0.3, -0.25) is 9.79 Å². The van der Waals surface area contributed by atoms with Crippen LogP contribution in [0.2, 0.25) is 5.02 Å². The maximum atomic E-state index is 12.1. The van der Waals surface area contributed by atoms with E-state index in [-0.39, 0.29) is 41.2 Å². The summed E-state index contributed by atoms with van der Waals surface area (Å²) in [4.78, 5) is 16.9. The van der Waals surface area contributed by atoms with Crippen molar-refractivity contribution in [2.24, 2.45) is 4.99 Å². The minimum Gasteiger partial charge on any atom is -0.357 e. The lowest BCUT2D eigenvalue weighted by molar-refractivity contribution is -0.116. The number of amides is 1. The van der Waals surface area contributed by atoms with Crippen LogP contribution < -0.4 is 16.0 Å². The van der Waals surface area contributed by atoms with E-state index < -0.39 is 0 Å². The molecule has 1 aliphatic heterocycles. The first-order valence-corrected chi connectivity index (χ1v) is 10.6. The number of para-hydroxylation sites is 1. The summed E-state index contributed by atoms with van der Waals surface area (Å²) in [6, 6.07) is 16.2. The molecule has 1 saturated carbocycles. The molecule has 0 saturated heterocycles. The topological polar surface area (TPSA) is 65.5 Å². The third-order valence-electron chi connectivity index (χ3n) is 5.82. The van der Waals surface area contributed by atoms with Crippen LogP contribution in [0.15, 0.2) is 53.5 Å².